The Bertz CT molecular complexity index is 2340. The van der Waals surface area contributed by atoms with Crippen LogP contribution >= 0.6 is 47.4 Å². The topological polar surface area (TPSA) is 501 Å². The summed E-state index contributed by atoms with van der Waals surface area (Å²) in [7, 11) is 0. The smallest absolute Gasteiger partial charge is 0.333 e. The van der Waals surface area contributed by atoms with Crippen LogP contribution in [0.25, 0.3) is 0 Å². The van der Waals surface area contributed by atoms with E-state index in [-0.39, 0.29) is 99.4 Å². The Morgan fingerprint density at radius 1 is 0.646 bits per heavy atom. The van der Waals surface area contributed by atoms with Crippen molar-refractivity contribution in [3.8, 4) is 0 Å². The molecule has 0 bridgehead atoms. The van der Waals surface area contributed by atoms with Crippen LogP contribution < -0.4 is 43.0 Å². The van der Waals surface area contributed by atoms with Gasteiger partial charge in [-0.2, -0.15) is 23.5 Å². The van der Waals surface area contributed by atoms with E-state index < -0.39 is 108 Å². The molecule has 5 saturated heterocycles. The third kappa shape index (κ3) is 25.6. The summed E-state index contributed by atoms with van der Waals surface area (Å²) in [5.74, 6) is -7.81. The highest BCUT2D eigenvalue weighted by Gasteiger charge is 2.44. The van der Waals surface area contributed by atoms with Crippen molar-refractivity contribution in [2.24, 2.45) is 20.8 Å². The molecule has 456 valence electrons. The number of nitrogens with zero attached hydrogens (tertiary/aromatic N) is 3. The van der Waals surface area contributed by atoms with Crippen LogP contribution in [0.2, 0.25) is 0 Å². The molecule has 32 nitrogen and oxygen atoms in total. The molecule has 9 amide bonds. The van der Waals surface area contributed by atoms with Crippen LogP contribution in [0.4, 0.5) is 4.79 Å². The van der Waals surface area contributed by atoms with E-state index in [9.17, 15) is 82.0 Å². The standard InChI is InChI=1S/C21H31N5O9S2.C14H19N3O5S.C11H17N3O7S/c27-16(4-2-1-3-15-11-7-18(29)24-13(11)9-36-15)23-12(21(33)34)5-6-17(28)25-14(10-37-26-35)20(32)22-8-19(30)31;18-10-5-6-11(19)17(10)22-12(20)4-2-1-3-9-13-8(7-23-9)15-14(21)16-13;12-6(11(19)20)1-3-9(16)13-7(5-22-14-21)8(15)2-4-10(17)18/h11-15H,1-10H2,(H,22,32)(H,23,27)(H,24,29)(H,25,28)(H,30,31)(H,33,34);8-9,13H,1-7H2,(H2,15,16,21);6-7H,1-5,12H2,(H,13,16)(H,17,18)(H,19,20)/t11-,12?,13-,14-,15-;8-,9-,13-;6?,7-/m000/s1. The maximum atomic E-state index is 12.3. The third-order valence-electron chi connectivity index (χ3n) is 12.9. The summed E-state index contributed by atoms with van der Waals surface area (Å²) in [4.78, 5) is 186. The van der Waals surface area contributed by atoms with Crippen LogP contribution in [0.5, 0.6) is 0 Å². The number of carbonyl (C=O) groups excluding carboxylic acids is 10. The number of carboxylic acids is 4. The Balaban J connectivity index is 0.000000340. The van der Waals surface area contributed by atoms with Crippen LogP contribution in [0, 0.1) is 15.7 Å². The van der Waals surface area contributed by atoms with Gasteiger partial charge in [-0.1, -0.05) is 12.8 Å². The lowest BCUT2D eigenvalue weighted by atomic mass is 9.94. The number of nitrogens with one attached hydrogen (secondary N) is 7. The first-order valence-corrected chi connectivity index (χ1v) is 29.8. The average molecular weight is 1240 g/mol. The molecule has 5 heterocycles. The number of carboxylic acid groups (broad SMARTS) is 4. The van der Waals surface area contributed by atoms with E-state index in [1.54, 1.807) is 0 Å². The minimum atomic E-state index is -1.32. The largest absolute Gasteiger partial charge is 0.481 e. The highest BCUT2D eigenvalue weighted by atomic mass is 32.2. The first kappa shape index (κ1) is 69.6. The van der Waals surface area contributed by atoms with Gasteiger partial charge in [-0.3, -0.25) is 52.7 Å². The molecule has 0 aromatic rings. The van der Waals surface area contributed by atoms with Gasteiger partial charge >= 0.3 is 35.9 Å². The number of nitrogens with two attached hydrogens (primary N) is 1. The van der Waals surface area contributed by atoms with E-state index >= 15 is 0 Å². The molecule has 5 fully saturated rings. The van der Waals surface area contributed by atoms with Crippen LogP contribution in [0.15, 0.2) is 9.16 Å². The normalized spacial score (nSPS) is 21.5. The monoisotopic (exact) mass is 1240 g/mol. The predicted molar refractivity (Wildman–Crippen MR) is 292 cm³/mol. The molecule has 5 rings (SSSR count). The van der Waals surface area contributed by atoms with Crippen molar-refractivity contribution >= 4 is 130 Å². The summed E-state index contributed by atoms with van der Waals surface area (Å²) >= 11 is 4.63. The zero-order chi connectivity index (χ0) is 60.9. The molecule has 0 radical (unpaired) electrons. The number of Topliss-reactive ketones (excluding diaryl/α,β-unsaturated/α-hetero) is 1. The Kier molecular flexibility index (Phi) is 31.2. The number of rotatable bonds is 35. The summed E-state index contributed by atoms with van der Waals surface area (Å²) in [6.07, 6.45) is 4.01. The minimum Gasteiger partial charge on any atom is -0.481 e. The Morgan fingerprint density at radius 2 is 1.21 bits per heavy atom. The fourth-order valence-electron chi connectivity index (χ4n) is 8.67. The number of imide groups is 1. The highest BCUT2D eigenvalue weighted by molar-refractivity contribution is 8.00. The number of aliphatic carboxylic acids is 4. The van der Waals surface area contributed by atoms with E-state index in [1.165, 1.54) is 0 Å². The van der Waals surface area contributed by atoms with Gasteiger partial charge in [0.2, 0.25) is 29.5 Å². The van der Waals surface area contributed by atoms with Gasteiger partial charge in [0.25, 0.3) is 11.8 Å². The molecule has 5 aliphatic heterocycles. The number of fused-ring (bicyclic) bond motifs is 2. The number of carbonyl (C=O) groups is 14. The van der Waals surface area contributed by atoms with Crippen LogP contribution in [-0.2, 0) is 67.2 Å². The van der Waals surface area contributed by atoms with E-state index in [1.807, 2.05) is 23.5 Å². The molecular formula is C46H67N11O21S4. The molecule has 0 aromatic heterocycles. The lowest BCUT2D eigenvalue weighted by molar-refractivity contribution is -0.197. The van der Waals surface area contributed by atoms with Crippen LogP contribution in [0.3, 0.4) is 0 Å². The Hall–Kier alpha value is -6.66. The molecule has 36 heteroatoms. The fourth-order valence-corrected chi connectivity index (χ4v) is 12.8. The predicted octanol–water partition coefficient (Wildman–Crippen LogP) is -0.552. The number of nitroso groups, excluding NO2 is 2. The molecule has 0 aliphatic carbocycles. The molecule has 0 spiro atoms. The van der Waals surface area contributed by atoms with Crippen molar-refractivity contribution in [2.45, 2.75) is 162 Å². The van der Waals surface area contributed by atoms with Crippen molar-refractivity contribution in [1.82, 2.24) is 42.3 Å². The number of thioether (sulfide) groups is 2. The second kappa shape index (κ2) is 36.7. The number of ketones is 1. The van der Waals surface area contributed by atoms with Gasteiger partial charge in [-0.05, 0) is 38.5 Å². The molecule has 13 N–H and O–H groups in total. The van der Waals surface area contributed by atoms with Crippen LogP contribution in [-0.4, -0.2) is 191 Å². The summed E-state index contributed by atoms with van der Waals surface area (Å²) < 4.78 is 5.04. The van der Waals surface area contributed by atoms with Crippen molar-refractivity contribution in [1.29, 1.82) is 0 Å². The molecular weight excluding hydrogens is 1170 g/mol. The van der Waals surface area contributed by atoms with Crippen molar-refractivity contribution in [2.75, 3.05) is 29.6 Å². The van der Waals surface area contributed by atoms with E-state index in [4.69, 9.17) is 25.9 Å². The number of unbranched alkanes of at least 4 members (excludes halogenated alkanes) is 2. The molecule has 2 unspecified atom stereocenters. The fraction of sp³-hybridized carbons (Fsp3) is 0.696. The van der Waals surface area contributed by atoms with E-state index in [2.05, 4.69) is 46.4 Å². The Morgan fingerprint density at radius 3 is 1.82 bits per heavy atom. The van der Waals surface area contributed by atoms with Gasteiger partial charge in [0.05, 0.1) is 24.5 Å². The molecule has 0 saturated carbocycles. The summed E-state index contributed by atoms with van der Waals surface area (Å²) in [6, 6.07) is -4.32. The maximum Gasteiger partial charge on any atom is 0.333 e. The van der Waals surface area contributed by atoms with Crippen LogP contribution in [0.1, 0.15) is 109 Å². The zero-order valence-corrected chi connectivity index (χ0v) is 47.4. The minimum absolute atomic E-state index is 0.0851. The van der Waals surface area contributed by atoms with Gasteiger partial charge in [-0.15, -0.1) is 14.9 Å². The second-order valence-electron chi connectivity index (χ2n) is 19.0. The van der Waals surface area contributed by atoms with Gasteiger partial charge < -0.3 is 68.2 Å². The highest BCUT2D eigenvalue weighted by Crippen LogP contribution is 2.40. The van der Waals surface area contributed by atoms with Crippen molar-refractivity contribution < 1.29 is 92.4 Å². The van der Waals surface area contributed by atoms with Crippen molar-refractivity contribution in [3.05, 3.63) is 9.81 Å². The molecule has 5 aliphatic rings. The van der Waals surface area contributed by atoms with Gasteiger partial charge in [-0.25, -0.2) is 14.4 Å². The lowest BCUT2D eigenvalue weighted by Crippen LogP contribution is -2.49. The number of amides is 9. The quantitative estimate of drug-likeness (QED) is 0.0124. The van der Waals surface area contributed by atoms with Gasteiger partial charge in [0.1, 0.15) is 24.7 Å². The molecule has 10 atom stereocenters. The molecule has 0 aromatic carbocycles. The van der Waals surface area contributed by atoms with E-state index in [0.29, 0.717) is 64.6 Å². The molecule has 82 heavy (non-hydrogen) atoms. The first-order chi connectivity index (χ1) is 38.9. The lowest BCUT2D eigenvalue weighted by Gasteiger charge is -2.18. The summed E-state index contributed by atoms with van der Waals surface area (Å²) in [5.41, 5.74) is 5.24. The van der Waals surface area contributed by atoms with Gasteiger partial charge in [0.15, 0.2) is 5.78 Å². The number of hydroxylamine groups is 2. The summed E-state index contributed by atoms with van der Waals surface area (Å²) in [6.45, 7) is -0.686. The maximum absolute atomic E-state index is 12.3. The van der Waals surface area contributed by atoms with E-state index in [0.717, 1.165) is 37.2 Å². The number of urea groups is 1. The zero-order valence-electron chi connectivity index (χ0n) is 44.1. The third-order valence-corrected chi connectivity index (χ3v) is 17.2. The SMILES string of the molecule is NC(CCC(=O)N[C@@H](CSN=O)C(=O)CCC(=O)O)C(=O)O.O=C1N[C@H]2[C@H](CS[C@H]2CCCCC(=O)ON2C(=O)CCC2=O)N1.O=NSC[C@H](NC(=O)CCC(NC(=O)CCCC[C@@H]1SC[C@@H]2NC(=O)C[C@@H]21)C(=O)O)C(=O)NCC(=O)O. The Labute approximate surface area is 485 Å². The van der Waals surface area contributed by atoms with Gasteiger partial charge in [0, 0.05) is 130 Å². The number of hydrogen-bond acceptors (Lipinski definition) is 24. The number of hydrogen-bond donors (Lipinski definition) is 12. The summed E-state index contributed by atoms with van der Waals surface area (Å²) in [5, 5.41) is 54.4. The average Bonchev–Trinajstić information content (AvgIpc) is 4.27. The second-order valence-corrected chi connectivity index (χ2v) is 23.0. The van der Waals surface area contributed by atoms with Crippen molar-refractivity contribution in [3.63, 3.8) is 0 Å². The first-order valence-electron chi connectivity index (χ1n) is 25.8.